The van der Waals surface area contributed by atoms with Gasteiger partial charge in [-0.15, -0.1) is 0 Å². The lowest BCUT2D eigenvalue weighted by atomic mass is 9.99. The van der Waals surface area contributed by atoms with E-state index in [2.05, 4.69) is 18.8 Å². The van der Waals surface area contributed by atoms with E-state index in [0.717, 1.165) is 5.56 Å². The third-order valence-electron chi connectivity index (χ3n) is 4.39. The smallest absolute Gasteiger partial charge is 0.348 e. The van der Waals surface area contributed by atoms with Crippen molar-refractivity contribution < 1.29 is 10.2 Å². The Kier molecular flexibility index (Phi) is 4.25. The average Bonchev–Trinajstić information content (AvgIpc) is 2.55. The van der Waals surface area contributed by atoms with Gasteiger partial charge in [0.15, 0.2) is 11.5 Å². The number of hydrogen-bond acceptors (Lipinski definition) is 4. The fourth-order valence-electron chi connectivity index (χ4n) is 3.01. The van der Waals surface area contributed by atoms with Crippen LogP contribution >= 0.6 is 0 Å². The van der Waals surface area contributed by atoms with Gasteiger partial charge in [-0.05, 0) is 31.4 Å². The lowest BCUT2D eigenvalue weighted by Crippen LogP contribution is -2.25. The van der Waals surface area contributed by atoms with Crippen LogP contribution in [0.3, 0.4) is 0 Å². The fraction of sp³-hybridized carbons (Fsp3) is 0.300. The van der Waals surface area contributed by atoms with Crippen molar-refractivity contribution in [2.24, 2.45) is 0 Å². The summed E-state index contributed by atoms with van der Waals surface area (Å²) in [6, 6.07) is 10.6. The molecule has 0 aliphatic rings. The summed E-state index contributed by atoms with van der Waals surface area (Å²) in [5.41, 5.74) is 2.67. The van der Waals surface area contributed by atoms with E-state index >= 15 is 0 Å². The highest BCUT2D eigenvalue weighted by Gasteiger charge is 2.16. The molecular weight excluding hydrogens is 316 g/mol. The van der Waals surface area contributed by atoms with E-state index in [1.54, 1.807) is 0 Å². The molecule has 2 aromatic carbocycles. The van der Waals surface area contributed by atoms with Crippen LogP contribution < -0.4 is 5.69 Å². The zero-order chi connectivity index (χ0) is 18.3. The summed E-state index contributed by atoms with van der Waals surface area (Å²) in [6.45, 7) is 7.99. The number of rotatable bonds is 3. The van der Waals surface area contributed by atoms with Gasteiger partial charge in [0.25, 0.3) is 0 Å². The van der Waals surface area contributed by atoms with Gasteiger partial charge in [-0.2, -0.15) is 4.98 Å². The predicted octanol–water partition coefficient (Wildman–Crippen LogP) is 4.18. The van der Waals surface area contributed by atoms with E-state index < -0.39 is 0 Å². The first kappa shape index (κ1) is 17.0. The van der Waals surface area contributed by atoms with Crippen molar-refractivity contribution in [3.63, 3.8) is 0 Å². The molecule has 0 aliphatic heterocycles. The Balaban J connectivity index is 2.34. The first-order chi connectivity index (χ1) is 11.8. The Bertz CT molecular complexity index is 986. The van der Waals surface area contributed by atoms with Gasteiger partial charge in [-0.3, -0.25) is 4.57 Å². The molecule has 0 radical (unpaired) electrons. The first-order valence-corrected chi connectivity index (χ1v) is 8.38. The van der Waals surface area contributed by atoms with E-state index in [4.69, 9.17) is 0 Å². The number of fused-ring (bicyclic) bond motifs is 1. The van der Waals surface area contributed by atoms with Gasteiger partial charge < -0.3 is 10.2 Å². The summed E-state index contributed by atoms with van der Waals surface area (Å²) in [4.78, 5) is 16.8. The topological polar surface area (TPSA) is 75.4 Å². The van der Waals surface area contributed by atoms with Gasteiger partial charge in [0.2, 0.25) is 0 Å². The SMILES string of the molecule is CC(C)c1ccc(-c2nc(=O)n(C(C)C)c3cc(O)c(O)cc23)cc1. The Hall–Kier alpha value is -2.82. The number of benzene rings is 2. The standard InChI is InChI=1S/C20H22N2O3/c1-11(2)13-5-7-14(8-6-13)19-15-9-17(23)18(24)10-16(15)22(12(3)4)20(25)21-19/h5-12,23-24H,1-4H3. The van der Waals surface area contributed by atoms with Gasteiger partial charge in [0, 0.05) is 23.1 Å². The zero-order valence-electron chi connectivity index (χ0n) is 14.8. The van der Waals surface area contributed by atoms with Gasteiger partial charge in [-0.25, -0.2) is 4.79 Å². The number of phenols is 2. The maximum Gasteiger partial charge on any atom is 0.348 e. The van der Waals surface area contributed by atoms with Crippen molar-refractivity contribution in [3.05, 3.63) is 52.4 Å². The van der Waals surface area contributed by atoms with E-state index in [1.807, 2.05) is 38.1 Å². The average molecular weight is 338 g/mol. The second-order valence-electron chi connectivity index (χ2n) is 6.84. The predicted molar refractivity (Wildman–Crippen MR) is 99.2 cm³/mol. The molecule has 5 nitrogen and oxygen atoms in total. The minimum absolute atomic E-state index is 0.121. The summed E-state index contributed by atoms with van der Waals surface area (Å²) < 4.78 is 1.51. The molecule has 0 fully saturated rings. The largest absolute Gasteiger partial charge is 0.504 e. The third kappa shape index (κ3) is 2.97. The Morgan fingerprint density at radius 3 is 2.12 bits per heavy atom. The minimum Gasteiger partial charge on any atom is -0.504 e. The molecule has 3 rings (SSSR count). The Labute approximate surface area is 146 Å². The maximum absolute atomic E-state index is 12.5. The summed E-state index contributed by atoms with van der Waals surface area (Å²) in [5.74, 6) is -0.0781. The van der Waals surface area contributed by atoms with Crippen LogP contribution in [0.15, 0.2) is 41.2 Å². The normalized spacial score (nSPS) is 11.6. The van der Waals surface area contributed by atoms with Crippen LogP contribution in [0.5, 0.6) is 11.5 Å². The molecule has 2 N–H and O–H groups in total. The van der Waals surface area contributed by atoms with Crippen LogP contribution in [-0.4, -0.2) is 19.8 Å². The quantitative estimate of drug-likeness (QED) is 0.703. The van der Waals surface area contributed by atoms with Gasteiger partial charge >= 0.3 is 5.69 Å². The van der Waals surface area contributed by atoms with Crippen molar-refractivity contribution in [3.8, 4) is 22.8 Å². The number of hydrogen-bond donors (Lipinski definition) is 2. The molecule has 25 heavy (non-hydrogen) atoms. The van der Waals surface area contributed by atoms with Crippen LogP contribution in [0.4, 0.5) is 0 Å². The molecule has 3 aromatic rings. The molecule has 0 amide bonds. The van der Waals surface area contributed by atoms with Crippen molar-refractivity contribution >= 4 is 10.9 Å². The highest BCUT2D eigenvalue weighted by molar-refractivity contribution is 5.94. The molecule has 5 heteroatoms. The summed E-state index contributed by atoms with van der Waals surface area (Å²) in [5, 5.41) is 20.5. The molecule has 0 saturated carbocycles. The van der Waals surface area contributed by atoms with Crippen LogP contribution in [0.1, 0.15) is 45.2 Å². The van der Waals surface area contributed by atoms with Gasteiger partial charge in [0.05, 0.1) is 11.2 Å². The monoisotopic (exact) mass is 338 g/mol. The molecule has 1 heterocycles. The van der Waals surface area contributed by atoms with Crippen LogP contribution in [0.25, 0.3) is 22.2 Å². The minimum atomic E-state index is -0.379. The Morgan fingerprint density at radius 2 is 1.56 bits per heavy atom. The summed E-state index contributed by atoms with van der Waals surface area (Å²) in [7, 11) is 0. The number of aromatic nitrogens is 2. The second kappa shape index (κ2) is 6.24. The maximum atomic E-state index is 12.5. The van der Waals surface area contributed by atoms with Crippen molar-refractivity contribution in [1.29, 1.82) is 0 Å². The first-order valence-electron chi connectivity index (χ1n) is 8.38. The summed E-state index contributed by atoms with van der Waals surface area (Å²) in [6.07, 6.45) is 0. The molecule has 0 unspecified atom stereocenters. The third-order valence-corrected chi connectivity index (χ3v) is 4.39. The van der Waals surface area contributed by atoms with Crippen LogP contribution in [0, 0.1) is 0 Å². The number of phenolic OH excluding ortho intramolecular Hbond substituents is 2. The van der Waals surface area contributed by atoms with E-state index in [1.165, 1.54) is 22.3 Å². The lowest BCUT2D eigenvalue weighted by Gasteiger charge is -2.16. The number of nitrogens with zero attached hydrogens (tertiary/aromatic N) is 2. The lowest BCUT2D eigenvalue weighted by molar-refractivity contribution is 0.404. The molecule has 130 valence electrons. The van der Waals surface area contributed by atoms with Crippen LogP contribution in [-0.2, 0) is 0 Å². The van der Waals surface area contributed by atoms with Crippen molar-refractivity contribution in [1.82, 2.24) is 9.55 Å². The summed E-state index contributed by atoms with van der Waals surface area (Å²) >= 11 is 0. The highest BCUT2D eigenvalue weighted by atomic mass is 16.3. The van der Waals surface area contributed by atoms with Crippen molar-refractivity contribution in [2.75, 3.05) is 0 Å². The molecule has 0 aliphatic carbocycles. The molecule has 0 saturated heterocycles. The van der Waals surface area contributed by atoms with E-state index in [9.17, 15) is 15.0 Å². The molecule has 0 atom stereocenters. The van der Waals surface area contributed by atoms with Crippen molar-refractivity contribution in [2.45, 2.75) is 39.7 Å². The Morgan fingerprint density at radius 1 is 0.960 bits per heavy atom. The zero-order valence-corrected chi connectivity index (χ0v) is 14.8. The van der Waals surface area contributed by atoms with Gasteiger partial charge in [-0.1, -0.05) is 38.1 Å². The highest BCUT2D eigenvalue weighted by Crippen LogP contribution is 2.35. The second-order valence-corrected chi connectivity index (χ2v) is 6.84. The molecule has 0 bridgehead atoms. The van der Waals surface area contributed by atoms with Gasteiger partial charge in [0.1, 0.15) is 0 Å². The fourth-order valence-corrected chi connectivity index (χ4v) is 3.01. The number of aromatic hydroxyl groups is 2. The molecule has 0 spiro atoms. The van der Waals surface area contributed by atoms with E-state index in [-0.39, 0.29) is 23.2 Å². The molecular formula is C20H22N2O3. The van der Waals surface area contributed by atoms with E-state index in [0.29, 0.717) is 22.5 Å². The molecule has 1 aromatic heterocycles. The van der Waals surface area contributed by atoms with Crippen LogP contribution in [0.2, 0.25) is 0 Å².